The van der Waals surface area contributed by atoms with Gasteiger partial charge in [0.2, 0.25) is 0 Å². The van der Waals surface area contributed by atoms with Crippen molar-refractivity contribution in [2.75, 3.05) is 20.2 Å². The number of hydrogen-bond donors (Lipinski definition) is 2. The van der Waals surface area contributed by atoms with Crippen molar-refractivity contribution in [3.05, 3.63) is 35.4 Å². The second kappa shape index (κ2) is 11.3. The monoisotopic (exact) mass is 572 g/mol. The lowest BCUT2D eigenvalue weighted by Crippen LogP contribution is -2.67. The molecule has 2 fully saturated rings. The van der Waals surface area contributed by atoms with Crippen LogP contribution in [0.15, 0.2) is 29.3 Å². The van der Waals surface area contributed by atoms with Crippen molar-refractivity contribution < 1.29 is 14.3 Å². The predicted octanol–water partition coefficient (Wildman–Crippen LogP) is 4.54. The molecule has 1 aromatic carbocycles. The minimum atomic E-state index is -0.494. The van der Waals surface area contributed by atoms with E-state index >= 15 is 0 Å². The first-order chi connectivity index (χ1) is 15.0. The Kier molecular flexibility index (Phi) is 9.44. The van der Waals surface area contributed by atoms with Gasteiger partial charge in [0.25, 0.3) is 0 Å². The van der Waals surface area contributed by atoms with Gasteiger partial charge in [0.05, 0.1) is 12.6 Å². The average Bonchev–Trinajstić information content (AvgIpc) is 3.17. The number of ether oxygens (including phenoxy) is 2. The molecular formula is C25H41IN4O3. The largest absolute Gasteiger partial charge is 0.444 e. The molecule has 1 saturated carbocycles. The molecule has 0 aromatic heterocycles. The highest BCUT2D eigenvalue weighted by Gasteiger charge is 2.59. The quantitative estimate of drug-likeness (QED) is 0.298. The first-order valence-electron chi connectivity index (χ1n) is 11.7. The summed E-state index contributed by atoms with van der Waals surface area (Å²) < 4.78 is 11.3. The van der Waals surface area contributed by atoms with E-state index in [0.717, 1.165) is 36.7 Å². The van der Waals surface area contributed by atoms with E-state index in [4.69, 9.17) is 14.5 Å². The van der Waals surface area contributed by atoms with Crippen LogP contribution in [0.5, 0.6) is 0 Å². The molecule has 1 aliphatic carbocycles. The molecule has 0 spiro atoms. The number of hydrogen-bond acceptors (Lipinski definition) is 4. The van der Waals surface area contributed by atoms with Crippen molar-refractivity contribution in [1.29, 1.82) is 0 Å². The van der Waals surface area contributed by atoms with Gasteiger partial charge in [-0.25, -0.2) is 9.79 Å². The summed E-state index contributed by atoms with van der Waals surface area (Å²) in [5.41, 5.74) is 1.80. The van der Waals surface area contributed by atoms with Gasteiger partial charge in [-0.3, -0.25) is 0 Å². The Balaban J connectivity index is 0.00000385. The maximum absolute atomic E-state index is 12.2. The van der Waals surface area contributed by atoms with Gasteiger partial charge in [-0.1, -0.05) is 38.1 Å². The zero-order valence-electron chi connectivity index (χ0n) is 21.1. The van der Waals surface area contributed by atoms with Crippen molar-refractivity contribution in [3.63, 3.8) is 0 Å². The third-order valence-corrected chi connectivity index (χ3v) is 6.30. The molecule has 3 atom stereocenters. The van der Waals surface area contributed by atoms with Gasteiger partial charge in [0.15, 0.2) is 5.96 Å². The predicted molar refractivity (Wildman–Crippen MR) is 143 cm³/mol. The number of nitrogens with zero attached hydrogens (tertiary/aromatic N) is 2. The van der Waals surface area contributed by atoms with E-state index in [1.54, 1.807) is 11.9 Å². The van der Waals surface area contributed by atoms with Crippen LogP contribution in [-0.4, -0.2) is 54.9 Å². The van der Waals surface area contributed by atoms with Crippen LogP contribution in [0.4, 0.5) is 4.79 Å². The van der Waals surface area contributed by atoms with Crippen LogP contribution in [0, 0.1) is 11.3 Å². The van der Waals surface area contributed by atoms with Crippen LogP contribution in [-0.2, 0) is 22.6 Å². The van der Waals surface area contributed by atoms with E-state index in [1.165, 1.54) is 0 Å². The summed E-state index contributed by atoms with van der Waals surface area (Å²) in [6.07, 6.45) is 1.15. The number of aliphatic imine (C=N–C) groups is 1. The molecule has 1 aromatic rings. The van der Waals surface area contributed by atoms with Crippen molar-refractivity contribution in [3.8, 4) is 0 Å². The first-order valence-corrected chi connectivity index (χ1v) is 11.7. The van der Waals surface area contributed by atoms with Gasteiger partial charge in [0.1, 0.15) is 5.60 Å². The number of amides is 1. The van der Waals surface area contributed by atoms with Crippen LogP contribution in [0.3, 0.4) is 0 Å². The zero-order valence-corrected chi connectivity index (χ0v) is 23.4. The minimum absolute atomic E-state index is 0. The number of fused-ring (bicyclic) bond motifs is 1. The molecule has 186 valence electrons. The van der Waals surface area contributed by atoms with Crippen molar-refractivity contribution in [2.45, 2.75) is 78.8 Å². The van der Waals surface area contributed by atoms with Gasteiger partial charge in [-0.05, 0) is 45.2 Å². The molecule has 33 heavy (non-hydrogen) atoms. The molecule has 7 nitrogen and oxygen atoms in total. The second-order valence-electron chi connectivity index (χ2n) is 10.5. The molecule has 0 radical (unpaired) electrons. The average molecular weight is 573 g/mol. The number of nitrogens with one attached hydrogen (secondary N) is 2. The third-order valence-electron chi connectivity index (χ3n) is 6.30. The van der Waals surface area contributed by atoms with Crippen LogP contribution < -0.4 is 10.6 Å². The zero-order chi connectivity index (χ0) is 23.5. The van der Waals surface area contributed by atoms with E-state index in [1.807, 2.05) is 32.9 Å². The Bertz CT molecular complexity index is 820. The topological polar surface area (TPSA) is 75.2 Å². The maximum Gasteiger partial charge on any atom is 0.410 e. The summed E-state index contributed by atoms with van der Waals surface area (Å²) in [4.78, 5) is 18.6. The van der Waals surface area contributed by atoms with Gasteiger partial charge < -0.3 is 25.0 Å². The van der Waals surface area contributed by atoms with Gasteiger partial charge in [-0.2, -0.15) is 0 Å². The Morgan fingerprint density at radius 2 is 1.88 bits per heavy atom. The van der Waals surface area contributed by atoms with Crippen LogP contribution in [0.1, 0.15) is 59.1 Å². The molecule has 0 bridgehead atoms. The number of rotatable bonds is 6. The molecule has 1 saturated heterocycles. The number of carbonyl (C=O) groups excluding carboxylic acids is 1. The van der Waals surface area contributed by atoms with Gasteiger partial charge in [0, 0.05) is 44.1 Å². The Morgan fingerprint density at radius 3 is 2.48 bits per heavy atom. The SMILES string of the molecule is CCNC(=NCc1ccc(CN(C)C(=O)OC(C)(C)C)cc1)NC1C2CCOC2C1(C)C.I. The molecule has 1 amide bonds. The fraction of sp³-hybridized carbons (Fsp3) is 0.680. The molecule has 2 aliphatic rings. The molecular weight excluding hydrogens is 531 g/mol. The van der Waals surface area contributed by atoms with E-state index in [-0.39, 0.29) is 35.5 Å². The number of carbonyl (C=O) groups is 1. The molecule has 8 heteroatoms. The molecule has 3 unspecified atom stereocenters. The highest BCUT2D eigenvalue weighted by atomic mass is 127. The van der Waals surface area contributed by atoms with Crippen molar-refractivity contribution >= 4 is 36.0 Å². The van der Waals surface area contributed by atoms with Gasteiger partial charge in [-0.15, -0.1) is 24.0 Å². The summed E-state index contributed by atoms with van der Waals surface area (Å²) in [5.74, 6) is 1.42. The van der Waals surface area contributed by atoms with Crippen LogP contribution >= 0.6 is 24.0 Å². The van der Waals surface area contributed by atoms with E-state index in [9.17, 15) is 4.79 Å². The van der Waals surface area contributed by atoms with Gasteiger partial charge >= 0.3 is 6.09 Å². The number of halogens is 1. The minimum Gasteiger partial charge on any atom is -0.444 e. The number of benzene rings is 1. The van der Waals surface area contributed by atoms with Crippen molar-refractivity contribution in [1.82, 2.24) is 15.5 Å². The summed E-state index contributed by atoms with van der Waals surface area (Å²) in [6.45, 7) is 15.0. The highest BCUT2D eigenvalue weighted by molar-refractivity contribution is 14.0. The molecule has 3 rings (SSSR count). The Morgan fingerprint density at radius 1 is 1.24 bits per heavy atom. The van der Waals surface area contributed by atoms with E-state index in [0.29, 0.717) is 31.2 Å². The smallest absolute Gasteiger partial charge is 0.410 e. The Hall–Kier alpha value is -1.55. The lowest BCUT2D eigenvalue weighted by atomic mass is 9.57. The lowest BCUT2D eigenvalue weighted by Gasteiger charge is -2.54. The summed E-state index contributed by atoms with van der Waals surface area (Å²) >= 11 is 0. The highest BCUT2D eigenvalue weighted by Crippen LogP contribution is 2.52. The van der Waals surface area contributed by atoms with Crippen LogP contribution in [0.2, 0.25) is 0 Å². The van der Waals surface area contributed by atoms with E-state index in [2.05, 4.69) is 43.5 Å². The lowest BCUT2D eigenvalue weighted by molar-refractivity contribution is -0.106. The summed E-state index contributed by atoms with van der Waals surface area (Å²) in [6, 6.07) is 8.60. The fourth-order valence-corrected chi connectivity index (χ4v) is 4.68. The third kappa shape index (κ3) is 6.97. The van der Waals surface area contributed by atoms with Crippen LogP contribution in [0.25, 0.3) is 0 Å². The summed E-state index contributed by atoms with van der Waals surface area (Å²) in [7, 11) is 1.75. The first kappa shape index (κ1) is 27.7. The maximum atomic E-state index is 12.2. The standard InChI is InChI=1S/C25H40N4O3.HI/c1-8-26-22(28-20-19-13-14-31-21(19)25(20,5)6)27-15-17-9-11-18(12-10-17)16-29(7)23(30)32-24(2,3)4;/h9-12,19-21H,8,13-16H2,1-7H3,(H2,26,27,28);1H. The summed E-state index contributed by atoms with van der Waals surface area (Å²) in [5, 5.41) is 7.03. The molecule has 1 heterocycles. The normalized spacial score (nSPS) is 23.6. The number of guanidine groups is 1. The second-order valence-corrected chi connectivity index (χ2v) is 10.5. The molecule has 2 N–H and O–H groups in total. The molecule has 1 aliphatic heterocycles. The Labute approximate surface area is 216 Å². The fourth-order valence-electron chi connectivity index (χ4n) is 4.68. The van der Waals surface area contributed by atoms with E-state index < -0.39 is 5.60 Å². The van der Waals surface area contributed by atoms with Crippen molar-refractivity contribution in [2.24, 2.45) is 16.3 Å².